The molecule has 6 aromatic rings. The van der Waals surface area contributed by atoms with Gasteiger partial charge in [-0.3, -0.25) is 4.98 Å². The van der Waals surface area contributed by atoms with Crippen molar-refractivity contribution in [1.82, 2.24) is 4.98 Å². The zero-order valence-corrected chi connectivity index (χ0v) is 28.4. The lowest BCUT2D eigenvalue weighted by atomic mass is 9.12. The maximum Gasteiger partial charge on any atom is 0.231 e. The van der Waals surface area contributed by atoms with Crippen LogP contribution in [0.25, 0.3) is 0 Å². The van der Waals surface area contributed by atoms with Gasteiger partial charge in [0.15, 0.2) is 89.2 Å². The van der Waals surface area contributed by atoms with E-state index < -0.39 is 151 Å². The molecule has 0 fully saturated rings. The fourth-order valence-corrected chi connectivity index (χ4v) is 6.34. The number of alkyl halides is 1. The van der Waals surface area contributed by atoms with E-state index in [1.165, 1.54) is 0 Å². The molecule has 0 bridgehead atoms. The lowest BCUT2D eigenvalue weighted by molar-refractivity contribution is -0.697. The second-order valence-corrected chi connectivity index (χ2v) is 12.1. The van der Waals surface area contributed by atoms with Gasteiger partial charge in [-0.2, -0.15) is 4.57 Å². The first-order valence-electron chi connectivity index (χ1n) is 15.8. The van der Waals surface area contributed by atoms with E-state index in [0.29, 0.717) is 12.2 Å². The molecule has 0 atom stereocenters. The third kappa shape index (κ3) is 6.93. The van der Waals surface area contributed by atoms with Crippen LogP contribution in [-0.4, -0.2) is 11.1 Å². The quantitative estimate of drug-likeness (QED) is 0.0528. The average Bonchev–Trinajstić information content (AvgIpc) is 3.24. The van der Waals surface area contributed by atoms with Crippen LogP contribution in [0.4, 0.5) is 92.2 Å². The fraction of sp³-hybridized carbons (Fsp3) is 0.0556. The molecule has 316 valence electrons. The van der Waals surface area contributed by atoms with Crippen LogP contribution in [0.15, 0.2) is 48.9 Å². The summed E-state index contributed by atoms with van der Waals surface area (Å²) in [5.41, 5.74) is -12.6. The average molecular weight is 882 g/mol. The summed E-state index contributed by atoms with van der Waals surface area (Å²) >= 11 is 0. The van der Waals surface area contributed by atoms with E-state index >= 15 is 35.1 Å². The zero-order chi connectivity index (χ0) is 44.9. The minimum absolute atomic E-state index is 0.485. The summed E-state index contributed by atoms with van der Waals surface area (Å²) in [5, 5.41) is 0. The van der Waals surface area contributed by atoms with Gasteiger partial charge in [-0.25, -0.2) is 92.2 Å². The van der Waals surface area contributed by atoms with E-state index in [0.717, 1.165) is 5.56 Å². The molecule has 0 spiro atoms. The van der Waals surface area contributed by atoms with Crippen LogP contribution >= 0.6 is 0 Å². The van der Waals surface area contributed by atoms with Crippen molar-refractivity contribution in [3.8, 4) is 0 Å². The van der Waals surface area contributed by atoms with Gasteiger partial charge >= 0.3 is 0 Å². The summed E-state index contributed by atoms with van der Waals surface area (Å²) in [6, 6.07) is 9.97. The highest BCUT2D eigenvalue weighted by molar-refractivity contribution is 7.20. The first-order chi connectivity index (χ1) is 28.1. The molecule has 60 heavy (non-hydrogen) atoms. The topological polar surface area (TPSA) is 16.8 Å². The van der Waals surface area contributed by atoms with Crippen molar-refractivity contribution in [2.24, 2.45) is 0 Å². The normalized spacial score (nSPS) is 11.6. The molecular formula is C36H12BF21N2. The summed E-state index contributed by atoms with van der Waals surface area (Å²) in [7, 11) is 0. The van der Waals surface area contributed by atoms with Gasteiger partial charge in [0.1, 0.15) is 52.7 Å². The molecule has 6 rings (SSSR count). The highest BCUT2D eigenvalue weighted by atomic mass is 19.2. The molecule has 0 saturated heterocycles. The van der Waals surface area contributed by atoms with Gasteiger partial charge in [0.05, 0.1) is 12.4 Å². The largest absolute Gasteiger partial charge is 0.252 e. The maximum absolute atomic E-state index is 15.4. The van der Waals surface area contributed by atoms with Gasteiger partial charge in [-0.15, -0.1) is 21.9 Å². The van der Waals surface area contributed by atoms with Crippen LogP contribution in [0, 0.1) is 116 Å². The smallest absolute Gasteiger partial charge is 0.231 e. The van der Waals surface area contributed by atoms with Gasteiger partial charge in [0.25, 0.3) is 0 Å². The van der Waals surface area contributed by atoms with E-state index in [9.17, 15) is 57.1 Å². The number of nitrogens with zero attached hydrogens (tertiary/aromatic N) is 2. The van der Waals surface area contributed by atoms with Crippen LogP contribution in [0.3, 0.4) is 0 Å². The Hall–Kier alpha value is -6.23. The number of halogens is 21. The monoisotopic (exact) mass is 882 g/mol. The molecule has 0 saturated carbocycles. The molecule has 0 unspecified atom stereocenters. The Bertz CT molecular complexity index is 2290. The second-order valence-electron chi connectivity index (χ2n) is 12.1. The van der Waals surface area contributed by atoms with Crippen molar-refractivity contribution in [3.63, 3.8) is 0 Å². The van der Waals surface area contributed by atoms with E-state index in [1.54, 1.807) is 18.6 Å². The van der Waals surface area contributed by atoms with Crippen molar-refractivity contribution in [2.45, 2.75) is 13.2 Å². The summed E-state index contributed by atoms with van der Waals surface area (Å²) in [6.45, 7) is 0.198. The van der Waals surface area contributed by atoms with Crippen molar-refractivity contribution < 1.29 is 96.8 Å². The highest BCUT2D eigenvalue weighted by Crippen LogP contribution is 2.30. The van der Waals surface area contributed by atoms with E-state index in [-0.39, 0.29) is 0 Å². The Balaban J connectivity index is 0.000000379. The van der Waals surface area contributed by atoms with E-state index in [4.69, 9.17) is 0 Å². The molecule has 1 aromatic heterocycles. The molecule has 24 heteroatoms. The Labute approximate surface area is 319 Å². The van der Waals surface area contributed by atoms with Crippen molar-refractivity contribution >= 4 is 28.0 Å². The SMILES string of the molecule is FCc1cncc[n+]1Cc1ccccc1.Fc1c(F)c(F)c([B-](c2c(F)c(F)c(F)c(F)c2F)(c2c(F)c(F)c(F)c(F)c2F)c2c(F)c(F)c(F)c(F)c2F)c(F)c1F. The molecule has 1 heterocycles. The summed E-state index contributed by atoms with van der Waals surface area (Å²) in [5.74, 6) is -71.4. The van der Waals surface area contributed by atoms with Gasteiger partial charge in [-0.1, -0.05) is 30.3 Å². The zero-order valence-electron chi connectivity index (χ0n) is 28.4. The Morgan fingerprint density at radius 1 is 0.383 bits per heavy atom. The van der Waals surface area contributed by atoms with Crippen LogP contribution in [0.1, 0.15) is 11.3 Å². The number of hydrogen-bond acceptors (Lipinski definition) is 1. The van der Waals surface area contributed by atoms with Crippen molar-refractivity contribution in [2.75, 3.05) is 0 Å². The minimum Gasteiger partial charge on any atom is -0.252 e. The van der Waals surface area contributed by atoms with Crippen molar-refractivity contribution in [3.05, 3.63) is 177 Å². The summed E-state index contributed by atoms with van der Waals surface area (Å²) in [4.78, 5) is 3.90. The lowest BCUT2D eigenvalue weighted by Crippen LogP contribution is -2.81. The van der Waals surface area contributed by atoms with E-state index in [1.807, 2.05) is 34.9 Å². The summed E-state index contributed by atoms with van der Waals surface area (Å²) in [6.07, 6.45) is -2.20. The Morgan fingerprint density at radius 2 is 0.650 bits per heavy atom. The third-order valence-electron chi connectivity index (χ3n) is 8.96. The molecular weight excluding hydrogens is 870 g/mol. The predicted molar refractivity (Wildman–Crippen MR) is 164 cm³/mol. The van der Waals surface area contributed by atoms with Crippen LogP contribution in [-0.2, 0) is 13.2 Å². The predicted octanol–water partition coefficient (Wildman–Crippen LogP) is 7.73. The molecule has 0 N–H and O–H groups in total. The lowest BCUT2D eigenvalue weighted by Gasteiger charge is -2.44. The molecule has 0 amide bonds. The van der Waals surface area contributed by atoms with Gasteiger partial charge < -0.3 is 0 Å². The van der Waals surface area contributed by atoms with Gasteiger partial charge in [-0.05, 0) is 0 Å². The third-order valence-corrected chi connectivity index (χ3v) is 8.96. The fourth-order valence-electron chi connectivity index (χ4n) is 6.34. The minimum atomic E-state index is -7.22. The Kier molecular flexibility index (Phi) is 12.6. The van der Waals surface area contributed by atoms with Crippen LogP contribution < -0.4 is 26.4 Å². The van der Waals surface area contributed by atoms with Crippen LogP contribution in [0.2, 0.25) is 0 Å². The standard InChI is InChI=1S/C24BF20.C12H12FN2/c26-5-1(6(27)14(35)21(42)13(5)34)25(2-7(28)15(36)22(43)16(37)8(2)29,3-9(30)17(38)23(44)18(39)10(3)31)4-11(32)19(40)24(45)20(41)12(4)33;13-8-12-9-14-6-7-15(12)10-11-4-2-1-3-5-11/h;1-7,9H,8,10H2/q-1;+1. The van der Waals surface area contributed by atoms with Gasteiger partial charge in [0.2, 0.25) is 5.69 Å². The first-order valence-corrected chi connectivity index (χ1v) is 15.8. The van der Waals surface area contributed by atoms with Crippen LogP contribution in [0.5, 0.6) is 0 Å². The molecule has 0 aliphatic heterocycles. The maximum atomic E-state index is 15.4. The van der Waals surface area contributed by atoms with E-state index in [2.05, 4.69) is 4.98 Å². The number of aromatic nitrogens is 2. The van der Waals surface area contributed by atoms with Gasteiger partial charge in [0, 0.05) is 5.56 Å². The molecule has 5 aromatic carbocycles. The number of benzene rings is 5. The Morgan fingerprint density at radius 3 is 0.917 bits per heavy atom. The summed E-state index contributed by atoms with van der Waals surface area (Å²) < 4.78 is 308. The highest BCUT2D eigenvalue weighted by Gasteiger charge is 2.52. The number of rotatable bonds is 7. The second kappa shape index (κ2) is 16.8. The molecule has 0 radical (unpaired) electrons. The first kappa shape index (κ1) is 44.9. The number of hydrogen-bond donors (Lipinski definition) is 0. The molecule has 0 aliphatic carbocycles. The van der Waals surface area contributed by atoms with Crippen molar-refractivity contribution in [1.29, 1.82) is 0 Å². The molecule has 0 aliphatic rings. The molecule has 2 nitrogen and oxygen atoms in total.